The highest BCUT2D eigenvalue weighted by atomic mass is 19.4. The number of carbonyl (C=O) groups excluding carboxylic acids is 1. The molecule has 0 aromatic heterocycles. The Kier molecular flexibility index (Phi) is 8.84. The van der Waals surface area contributed by atoms with Crippen molar-refractivity contribution < 1.29 is 27.4 Å². The summed E-state index contributed by atoms with van der Waals surface area (Å²) in [5.74, 6) is -0.452. The van der Waals surface area contributed by atoms with Gasteiger partial charge >= 0.3 is 12.1 Å². The van der Waals surface area contributed by atoms with Crippen LogP contribution in [-0.2, 0) is 11.2 Å². The van der Waals surface area contributed by atoms with Crippen LogP contribution >= 0.6 is 0 Å². The topological polar surface area (TPSA) is 47.6 Å². The number of rotatable bonds is 11. The molecular formula is C22H34F3NO3. The third-order valence-electron chi connectivity index (χ3n) is 4.94. The lowest BCUT2D eigenvalue weighted by Crippen LogP contribution is -2.37. The van der Waals surface area contributed by atoms with Gasteiger partial charge in [-0.05, 0) is 71.4 Å². The Morgan fingerprint density at radius 2 is 1.55 bits per heavy atom. The van der Waals surface area contributed by atoms with Gasteiger partial charge in [0.15, 0.2) is 0 Å². The first-order chi connectivity index (χ1) is 13.3. The molecule has 1 aromatic carbocycles. The molecule has 0 spiro atoms. The van der Waals surface area contributed by atoms with Crippen LogP contribution in [0.5, 0.6) is 11.5 Å². The van der Waals surface area contributed by atoms with Gasteiger partial charge < -0.3 is 14.8 Å². The van der Waals surface area contributed by atoms with Gasteiger partial charge in [-0.1, -0.05) is 19.9 Å². The van der Waals surface area contributed by atoms with Gasteiger partial charge in [-0.15, -0.1) is 0 Å². The minimum Gasteiger partial charge on any atom is -0.488 e. The largest absolute Gasteiger partial charge is 0.488 e. The first kappa shape index (κ1) is 25.1. The molecule has 29 heavy (non-hydrogen) atoms. The summed E-state index contributed by atoms with van der Waals surface area (Å²) >= 11 is 0. The molecule has 1 N–H and O–H groups in total. The van der Waals surface area contributed by atoms with Crippen LogP contribution in [0, 0.1) is 0 Å². The van der Waals surface area contributed by atoms with Crippen molar-refractivity contribution in [2.75, 3.05) is 6.54 Å². The second-order valence-corrected chi connectivity index (χ2v) is 8.41. The molecule has 0 saturated heterocycles. The van der Waals surface area contributed by atoms with Gasteiger partial charge in [0, 0.05) is 12.6 Å². The SMILES string of the molecule is CCC(C)(C)Oc1ccc(CCCCNC(=O)C(F)(F)F)c(OC(C)(C)CC)c1. The van der Waals surface area contributed by atoms with Crippen LogP contribution in [0.4, 0.5) is 13.2 Å². The molecule has 0 aliphatic heterocycles. The van der Waals surface area contributed by atoms with E-state index in [1.54, 1.807) is 0 Å². The summed E-state index contributed by atoms with van der Waals surface area (Å²) in [4.78, 5) is 10.8. The van der Waals surface area contributed by atoms with Crippen molar-refractivity contribution in [1.82, 2.24) is 5.32 Å². The maximum absolute atomic E-state index is 12.2. The van der Waals surface area contributed by atoms with E-state index in [2.05, 4.69) is 6.92 Å². The van der Waals surface area contributed by atoms with Crippen molar-refractivity contribution in [3.63, 3.8) is 0 Å². The van der Waals surface area contributed by atoms with Gasteiger partial charge in [-0.25, -0.2) is 0 Å². The molecule has 0 aliphatic rings. The normalized spacial score (nSPS) is 12.6. The van der Waals surface area contributed by atoms with Crippen molar-refractivity contribution in [1.29, 1.82) is 0 Å². The highest BCUT2D eigenvalue weighted by molar-refractivity contribution is 5.81. The fourth-order valence-electron chi connectivity index (χ4n) is 2.40. The van der Waals surface area contributed by atoms with Gasteiger partial charge in [-0.2, -0.15) is 13.2 Å². The number of amides is 1. The fourth-order valence-corrected chi connectivity index (χ4v) is 2.40. The zero-order valence-corrected chi connectivity index (χ0v) is 18.3. The summed E-state index contributed by atoms with van der Waals surface area (Å²) in [5.41, 5.74) is 0.319. The lowest BCUT2D eigenvalue weighted by Gasteiger charge is -2.29. The van der Waals surface area contributed by atoms with Gasteiger partial charge in [-0.3, -0.25) is 4.79 Å². The molecule has 166 valence electrons. The molecule has 1 rings (SSSR count). The average Bonchev–Trinajstić information content (AvgIpc) is 2.61. The van der Waals surface area contributed by atoms with Crippen LogP contribution in [-0.4, -0.2) is 29.8 Å². The van der Waals surface area contributed by atoms with E-state index < -0.39 is 12.1 Å². The molecule has 0 radical (unpaired) electrons. The molecule has 0 unspecified atom stereocenters. The molecule has 4 nitrogen and oxygen atoms in total. The smallest absolute Gasteiger partial charge is 0.471 e. The molecule has 0 saturated carbocycles. The van der Waals surface area contributed by atoms with Crippen molar-refractivity contribution >= 4 is 5.91 Å². The minimum absolute atomic E-state index is 0.0130. The first-order valence-electron chi connectivity index (χ1n) is 10.2. The number of unbranched alkanes of at least 4 members (excludes halogenated alkanes) is 1. The molecule has 1 amide bonds. The number of ether oxygens (including phenoxy) is 2. The maximum atomic E-state index is 12.2. The number of halogens is 3. The molecule has 0 aliphatic carbocycles. The number of alkyl halides is 3. The average molecular weight is 418 g/mol. The second-order valence-electron chi connectivity index (χ2n) is 8.41. The van der Waals surface area contributed by atoms with Crippen molar-refractivity contribution in [3.05, 3.63) is 23.8 Å². The van der Waals surface area contributed by atoms with Crippen molar-refractivity contribution in [2.45, 2.75) is 91.0 Å². The number of hydrogen-bond acceptors (Lipinski definition) is 3. The molecular weight excluding hydrogens is 383 g/mol. The predicted octanol–water partition coefficient (Wildman–Crippen LogP) is 5.82. The number of benzene rings is 1. The fraction of sp³-hybridized carbons (Fsp3) is 0.682. The van der Waals surface area contributed by atoms with Gasteiger partial charge in [0.2, 0.25) is 0 Å². The van der Waals surface area contributed by atoms with Gasteiger partial charge in [0.05, 0.1) is 0 Å². The van der Waals surface area contributed by atoms with Crippen LogP contribution in [0.25, 0.3) is 0 Å². The highest BCUT2D eigenvalue weighted by Crippen LogP contribution is 2.32. The summed E-state index contributed by atoms with van der Waals surface area (Å²) in [6.07, 6.45) is -1.46. The van der Waals surface area contributed by atoms with Crippen molar-refractivity contribution in [3.8, 4) is 11.5 Å². The molecule has 0 fully saturated rings. The van der Waals surface area contributed by atoms with Crippen molar-refractivity contribution in [2.24, 2.45) is 0 Å². The molecule has 0 bridgehead atoms. The Hall–Kier alpha value is -1.92. The standard InChI is InChI=1S/C22H34F3NO3/c1-7-20(3,4)28-17-13-12-16(18(15-17)29-21(5,6)8-2)11-9-10-14-26-19(27)22(23,24)25/h12-13,15H,7-11,14H2,1-6H3,(H,26,27). The zero-order valence-electron chi connectivity index (χ0n) is 18.3. The third-order valence-corrected chi connectivity index (χ3v) is 4.94. The van der Waals surface area contributed by atoms with E-state index in [0.717, 1.165) is 29.9 Å². The van der Waals surface area contributed by atoms with E-state index >= 15 is 0 Å². The van der Waals surface area contributed by atoms with E-state index in [1.165, 1.54) is 0 Å². The Morgan fingerprint density at radius 3 is 2.10 bits per heavy atom. The lowest BCUT2D eigenvalue weighted by molar-refractivity contribution is -0.173. The summed E-state index contributed by atoms with van der Waals surface area (Å²) < 4.78 is 48.9. The van der Waals surface area contributed by atoms with Gasteiger partial charge in [0.1, 0.15) is 22.7 Å². The van der Waals surface area contributed by atoms with Crippen LogP contribution in [0.15, 0.2) is 18.2 Å². The van der Waals surface area contributed by atoms with E-state index in [9.17, 15) is 18.0 Å². The third kappa shape index (κ3) is 8.96. The Morgan fingerprint density at radius 1 is 0.966 bits per heavy atom. The van der Waals surface area contributed by atoms with Crippen LogP contribution in [0.3, 0.4) is 0 Å². The minimum atomic E-state index is -4.84. The summed E-state index contributed by atoms with van der Waals surface area (Å²) in [6.45, 7) is 12.1. The molecule has 7 heteroatoms. The Bertz CT molecular complexity index is 670. The molecule has 0 atom stereocenters. The second kappa shape index (κ2) is 10.2. The number of hydrogen-bond donors (Lipinski definition) is 1. The summed E-state index contributed by atoms with van der Waals surface area (Å²) in [7, 11) is 0. The Balaban J connectivity index is 2.80. The first-order valence-corrected chi connectivity index (χ1v) is 10.2. The molecule has 1 aromatic rings. The quantitative estimate of drug-likeness (QED) is 0.461. The van der Waals surface area contributed by atoms with E-state index in [0.29, 0.717) is 19.3 Å². The summed E-state index contributed by atoms with van der Waals surface area (Å²) in [6, 6.07) is 5.72. The summed E-state index contributed by atoms with van der Waals surface area (Å²) in [5, 5.41) is 1.90. The zero-order chi connectivity index (χ0) is 22.3. The maximum Gasteiger partial charge on any atom is 0.471 e. The van der Waals surface area contributed by atoms with Crippen LogP contribution < -0.4 is 14.8 Å². The van der Waals surface area contributed by atoms with Crippen LogP contribution in [0.1, 0.15) is 72.8 Å². The van der Waals surface area contributed by atoms with Crippen LogP contribution in [0.2, 0.25) is 0 Å². The monoisotopic (exact) mass is 417 g/mol. The lowest BCUT2D eigenvalue weighted by atomic mass is 10.0. The number of carbonyl (C=O) groups is 1. The molecule has 0 heterocycles. The van der Waals surface area contributed by atoms with Gasteiger partial charge in [0.25, 0.3) is 0 Å². The van der Waals surface area contributed by atoms with E-state index in [-0.39, 0.29) is 17.7 Å². The number of nitrogens with one attached hydrogen (secondary N) is 1. The Labute approximate surface area is 172 Å². The van der Waals surface area contributed by atoms with E-state index in [4.69, 9.17) is 9.47 Å². The highest BCUT2D eigenvalue weighted by Gasteiger charge is 2.38. The van der Waals surface area contributed by atoms with E-state index in [1.807, 2.05) is 58.1 Å². The predicted molar refractivity (Wildman–Crippen MR) is 108 cm³/mol. The number of aryl methyl sites for hydroxylation is 1.